The first-order valence-electron chi connectivity index (χ1n) is 12.9. The van der Waals surface area contributed by atoms with Crippen molar-refractivity contribution in [3.8, 4) is 28.3 Å². The zero-order valence-electron chi connectivity index (χ0n) is 21.9. The fourth-order valence-corrected chi connectivity index (χ4v) is 5.16. The van der Waals surface area contributed by atoms with Gasteiger partial charge in [0.25, 0.3) is 5.91 Å². The zero-order valence-corrected chi connectivity index (χ0v) is 21.9. The van der Waals surface area contributed by atoms with E-state index in [0.717, 1.165) is 60.7 Å². The lowest BCUT2D eigenvalue weighted by atomic mass is 9.74. The van der Waals surface area contributed by atoms with Gasteiger partial charge in [0.05, 0.1) is 16.9 Å². The lowest BCUT2D eigenvalue weighted by Gasteiger charge is -2.40. The van der Waals surface area contributed by atoms with Gasteiger partial charge in [0, 0.05) is 53.8 Å². The van der Waals surface area contributed by atoms with E-state index in [-0.39, 0.29) is 17.2 Å². The summed E-state index contributed by atoms with van der Waals surface area (Å²) >= 11 is 0. The summed E-state index contributed by atoms with van der Waals surface area (Å²) in [6.07, 6.45) is 5.08. The number of aromatic amines is 1. The number of fused-ring (bicyclic) bond motifs is 2. The van der Waals surface area contributed by atoms with Gasteiger partial charge in [0.1, 0.15) is 12.4 Å². The third kappa shape index (κ3) is 5.20. The van der Waals surface area contributed by atoms with Gasteiger partial charge in [-0.1, -0.05) is 6.58 Å². The molecule has 0 radical (unpaired) electrons. The van der Waals surface area contributed by atoms with Gasteiger partial charge in [-0.2, -0.15) is 0 Å². The molecule has 1 spiro atoms. The van der Waals surface area contributed by atoms with Crippen molar-refractivity contribution in [3.63, 3.8) is 0 Å². The van der Waals surface area contributed by atoms with Crippen LogP contribution in [0.2, 0.25) is 0 Å². The molecule has 9 nitrogen and oxygen atoms in total. The molecule has 2 amide bonds. The number of likely N-dealkylation sites (N-methyl/N-ethyl adjacent to an activating group) is 1. The fourth-order valence-electron chi connectivity index (χ4n) is 5.16. The number of nitrogens with zero attached hydrogens (tertiary/aromatic N) is 2. The molecule has 5 rings (SSSR count). The number of aromatic nitrogens is 2. The van der Waals surface area contributed by atoms with E-state index in [1.165, 1.54) is 6.08 Å². The minimum atomic E-state index is -0.317. The highest BCUT2D eigenvalue weighted by atomic mass is 16.5. The van der Waals surface area contributed by atoms with Gasteiger partial charge in [-0.3, -0.25) is 14.6 Å². The third-order valence-electron chi connectivity index (χ3n) is 7.24. The van der Waals surface area contributed by atoms with Crippen LogP contribution in [0.15, 0.2) is 55.3 Å². The highest BCUT2D eigenvalue weighted by Crippen LogP contribution is 2.38. The second-order valence-corrected chi connectivity index (χ2v) is 10.2. The predicted octanol–water partition coefficient (Wildman–Crippen LogP) is 3.17. The van der Waals surface area contributed by atoms with Crippen LogP contribution < -0.4 is 20.7 Å². The average Bonchev–Trinajstić information content (AvgIpc) is 3.40. The van der Waals surface area contributed by atoms with E-state index < -0.39 is 0 Å². The van der Waals surface area contributed by atoms with Gasteiger partial charge in [-0.15, -0.1) is 0 Å². The van der Waals surface area contributed by atoms with Gasteiger partial charge < -0.3 is 30.6 Å². The van der Waals surface area contributed by atoms with E-state index >= 15 is 0 Å². The van der Waals surface area contributed by atoms with Crippen LogP contribution >= 0.6 is 0 Å². The Morgan fingerprint density at radius 1 is 1.21 bits per heavy atom. The standard InChI is InChI=1S/C29H34N6O3/c1-4-26(36)33-24-15-19(6-7-25(24)38-13-12-35(2)3)22-14-20(8-11-31-22)23-16-21-27(34-23)29(18-32-28(21)37)9-5-10-30-17-29/h4,6-8,11,14-16,30,34H,1,5,9-10,12-13,17-18H2,2-3H3,(H,32,37)(H,33,36). The van der Waals surface area contributed by atoms with Crippen LogP contribution in [0.4, 0.5) is 5.69 Å². The molecule has 0 bridgehead atoms. The van der Waals surface area contributed by atoms with Crippen LogP contribution in [0.5, 0.6) is 5.75 Å². The molecule has 1 aromatic carbocycles. The highest BCUT2D eigenvalue weighted by molar-refractivity contribution is 6.00. The number of carbonyl (C=O) groups is 2. The number of hydrogen-bond acceptors (Lipinski definition) is 6. The Bertz CT molecular complexity index is 1360. The molecule has 1 fully saturated rings. The Kier molecular flexibility index (Phi) is 7.31. The van der Waals surface area contributed by atoms with Crippen molar-refractivity contribution in [1.82, 2.24) is 25.5 Å². The maximum atomic E-state index is 12.7. The molecule has 198 valence electrons. The Morgan fingerprint density at radius 2 is 2.08 bits per heavy atom. The molecular weight excluding hydrogens is 480 g/mol. The van der Waals surface area contributed by atoms with E-state index in [1.54, 1.807) is 6.20 Å². The van der Waals surface area contributed by atoms with Crippen molar-refractivity contribution >= 4 is 17.5 Å². The number of anilines is 1. The first-order chi connectivity index (χ1) is 18.4. The predicted molar refractivity (Wildman–Crippen MR) is 148 cm³/mol. The largest absolute Gasteiger partial charge is 0.490 e. The van der Waals surface area contributed by atoms with Crippen molar-refractivity contribution in [2.75, 3.05) is 52.2 Å². The number of piperidine rings is 1. The average molecular weight is 515 g/mol. The minimum absolute atomic E-state index is 0.0413. The van der Waals surface area contributed by atoms with Gasteiger partial charge in [-0.05, 0) is 76.0 Å². The molecule has 2 aliphatic rings. The molecule has 4 N–H and O–H groups in total. The second-order valence-electron chi connectivity index (χ2n) is 10.2. The van der Waals surface area contributed by atoms with E-state index in [9.17, 15) is 9.59 Å². The quantitative estimate of drug-likeness (QED) is 0.344. The number of hydrogen-bond donors (Lipinski definition) is 4. The molecule has 38 heavy (non-hydrogen) atoms. The Balaban J connectivity index is 1.47. The molecule has 0 saturated carbocycles. The molecule has 2 aromatic heterocycles. The summed E-state index contributed by atoms with van der Waals surface area (Å²) in [5, 5.41) is 9.43. The van der Waals surface area contributed by atoms with Crippen LogP contribution in [-0.4, -0.2) is 73.6 Å². The zero-order chi connectivity index (χ0) is 26.7. The Labute approximate surface area is 222 Å². The maximum Gasteiger partial charge on any atom is 0.253 e. The van der Waals surface area contributed by atoms with Gasteiger partial charge >= 0.3 is 0 Å². The van der Waals surface area contributed by atoms with Crippen LogP contribution in [0.25, 0.3) is 22.5 Å². The Morgan fingerprint density at radius 3 is 2.84 bits per heavy atom. The normalized spacial score (nSPS) is 18.7. The number of H-pyrrole nitrogens is 1. The number of ether oxygens (including phenoxy) is 1. The van der Waals surface area contributed by atoms with Crippen molar-refractivity contribution < 1.29 is 14.3 Å². The monoisotopic (exact) mass is 514 g/mol. The lowest BCUT2D eigenvalue weighted by Crippen LogP contribution is -2.54. The molecule has 1 atom stereocenters. The summed E-state index contributed by atoms with van der Waals surface area (Å²) in [6.45, 7) is 7.26. The molecule has 9 heteroatoms. The molecular formula is C29H34N6O3. The third-order valence-corrected chi connectivity index (χ3v) is 7.24. The van der Waals surface area contributed by atoms with Crippen molar-refractivity contribution in [2.24, 2.45) is 0 Å². The van der Waals surface area contributed by atoms with Crippen molar-refractivity contribution in [1.29, 1.82) is 0 Å². The van der Waals surface area contributed by atoms with Gasteiger partial charge in [0.15, 0.2) is 0 Å². The molecule has 1 saturated heterocycles. The maximum absolute atomic E-state index is 12.7. The number of carbonyl (C=O) groups excluding carboxylic acids is 2. The Hall–Kier alpha value is -3.95. The molecule has 3 aromatic rings. The van der Waals surface area contributed by atoms with E-state index in [1.807, 2.05) is 55.4 Å². The summed E-state index contributed by atoms with van der Waals surface area (Å²) < 4.78 is 5.93. The smallest absolute Gasteiger partial charge is 0.253 e. The summed E-state index contributed by atoms with van der Waals surface area (Å²) in [5.74, 6) is 0.222. The summed E-state index contributed by atoms with van der Waals surface area (Å²) in [6, 6.07) is 11.5. The number of rotatable bonds is 8. The molecule has 0 aliphatic carbocycles. The highest BCUT2D eigenvalue weighted by Gasteiger charge is 2.42. The summed E-state index contributed by atoms with van der Waals surface area (Å²) in [4.78, 5) is 35.0. The van der Waals surface area contributed by atoms with Crippen LogP contribution in [-0.2, 0) is 10.2 Å². The molecule has 1 unspecified atom stereocenters. The first-order valence-corrected chi connectivity index (χ1v) is 12.9. The molecule has 4 heterocycles. The number of benzene rings is 1. The fraction of sp³-hybridized carbons (Fsp3) is 0.345. The molecule has 2 aliphatic heterocycles. The van der Waals surface area contributed by atoms with Crippen molar-refractivity contribution in [2.45, 2.75) is 18.3 Å². The van der Waals surface area contributed by atoms with E-state index in [0.29, 0.717) is 30.2 Å². The van der Waals surface area contributed by atoms with Crippen LogP contribution in [0.3, 0.4) is 0 Å². The van der Waals surface area contributed by atoms with Crippen molar-refractivity contribution in [3.05, 3.63) is 66.5 Å². The minimum Gasteiger partial charge on any atom is -0.490 e. The summed E-state index contributed by atoms with van der Waals surface area (Å²) in [5.41, 5.74) is 5.53. The SMILES string of the molecule is C=CC(=O)Nc1cc(-c2cc(-c3cc4c([nH]3)C3(CCCNC3)CNC4=O)ccn2)ccc1OCCN(C)C. The van der Waals surface area contributed by atoms with Crippen LogP contribution in [0.1, 0.15) is 28.9 Å². The lowest BCUT2D eigenvalue weighted by molar-refractivity contribution is -0.111. The van der Waals surface area contributed by atoms with Crippen LogP contribution in [0, 0.1) is 0 Å². The van der Waals surface area contributed by atoms with Gasteiger partial charge in [-0.25, -0.2) is 0 Å². The summed E-state index contributed by atoms with van der Waals surface area (Å²) in [7, 11) is 3.95. The van der Waals surface area contributed by atoms with Gasteiger partial charge in [0.2, 0.25) is 5.91 Å². The topological polar surface area (TPSA) is 111 Å². The number of pyridine rings is 1. The number of nitrogens with one attached hydrogen (secondary N) is 4. The first kappa shape index (κ1) is 25.7. The number of amides is 2. The van der Waals surface area contributed by atoms with E-state index in [2.05, 4.69) is 32.5 Å². The van der Waals surface area contributed by atoms with E-state index in [4.69, 9.17) is 4.74 Å². The second kappa shape index (κ2) is 10.8.